The van der Waals surface area contributed by atoms with Gasteiger partial charge in [-0.25, -0.2) is 8.78 Å². The Hall–Kier alpha value is -1.81. The standard InChI is InChI=1S/C28H37F2NO/c1-3-5-19-7-15-25(31-17-19)24-14-13-23(27(29)28(24)30)21-9-11-22(12-10-21)26-16-8-20(6-4-2)18-32-26/h7,13-15,17,20-22,26H,3-6,8-12,16,18H2,1-2H3. The van der Waals surface area contributed by atoms with Crippen molar-refractivity contribution in [2.75, 3.05) is 6.61 Å². The Morgan fingerprint density at radius 3 is 2.34 bits per heavy atom. The fraction of sp³-hybridized carbons (Fsp3) is 0.607. The molecule has 2 fully saturated rings. The van der Waals surface area contributed by atoms with Gasteiger partial charge in [-0.3, -0.25) is 4.98 Å². The second-order valence-electron chi connectivity index (χ2n) is 9.85. The normalized spacial score (nSPS) is 26.2. The topological polar surface area (TPSA) is 22.1 Å². The molecule has 2 heterocycles. The number of halogens is 2. The van der Waals surface area contributed by atoms with E-state index in [0.29, 0.717) is 23.3 Å². The fourth-order valence-corrected chi connectivity index (χ4v) is 5.73. The van der Waals surface area contributed by atoms with Crippen molar-refractivity contribution in [3.05, 3.63) is 53.2 Å². The number of nitrogens with zero attached hydrogens (tertiary/aromatic N) is 1. The van der Waals surface area contributed by atoms with Gasteiger partial charge in [0, 0.05) is 18.4 Å². The Bertz CT molecular complexity index is 866. The van der Waals surface area contributed by atoms with E-state index in [1.54, 1.807) is 24.4 Å². The zero-order valence-electron chi connectivity index (χ0n) is 19.6. The molecule has 2 aliphatic rings. The van der Waals surface area contributed by atoms with E-state index in [2.05, 4.69) is 18.8 Å². The van der Waals surface area contributed by atoms with Gasteiger partial charge in [0.05, 0.1) is 11.8 Å². The van der Waals surface area contributed by atoms with E-state index in [1.807, 2.05) is 6.07 Å². The van der Waals surface area contributed by atoms with Crippen molar-refractivity contribution in [1.82, 2.24) is 4.98 Å². The summed E-state index contributed by atoms with van der Waals surface area (Å²) in [7, 11) is 0. The van der Waals surface area contributed by atoms with E-state index < -0.39 is 11.6 Å². The minimum absolute atomic E-state index is 0.0890. The summed E-state index contributed by atoms with van der Waals surface area (Å²) < 4.78 is 36.3. The van der Waals surface area contributed by atoms with Gasteiger partial charge in [0.2, 0.25) is 0 Å². The van der Waals surface area contributed by atoms with E-state index in [1.165, 1.54) is 19.3 Å². The highest BCUT2D eigenvalue weighted by atomic mass is 19.2. The molecular formula is C28H37F2NO. The fourth-order valence-electron chi connectivity index (χ4n) is 5.73. The van der Waals surface area contributed by atoms with Crippen molar-refractivity contribution in [2.24, 2.45) is 11.8 Å². The molecule has 4 heteroatoms. The van der Waals surface area contributed by atoms with Crippen LogP contribution in [0.15, 0.2) is 30.5 Å². The highest BCUT2D eigenvalue weighted by molar-refractivity contribution is 5.61. The van der Waals surface area contributed by atoms with Gasteiger partial charge in [0.1, 0.15) is 0 Å². The Morgan fingerprint density at radius 1 is 0.906 bits per heavy atom. The number of ether oxygens (including phenoxy) is 1. The number of aromatic nitrogens is 1. The summed E-state index contributed by atoms with van der Waals surface area (Å²) >= 11 is 0. The second kappa shape index (κ2) is 10.9. The maximum Gasteiger partial charge on any atom is 0.168 e. The van der Waals surface area contributed by atoms with Crippen molar-refractivity contribution in [3.63, 3.8) is 0 Å². The van der Waals surface area contributed by atoms with Gasteiger partial charge in [0.15, 0.2) is 11.6 Å². The van der Waals surface area contributed by atoms with Crippen molar-refractivity contribution in [1.29, 1.82) is 0 Å². The molecule has 1 aromatic heterocycles. The smallest absolute Gasteiger partial charge is 0.168 e. The van der Waals surface area contributed by atoms with Crippen LogP contribution in [0.2, 0.25) is 0 Å². The molecule has 0 N–H and O–H groups in total. The minimum Gasteiger partial charge on any atom is -0.378 e. The van der Waals surface area contributed by atoms with Crippen molar-refractivity contribution >= 4 is 0 Å². The zero-order chi connectivity index (χ0) is 22.5. The molecule has 1 saturated carbocycles. The number of hydrogen-bond donors (Lipinski definition) is 0. The van der Waals surface area contributed by atoms with Crippen LogP contribution in [0.1, 0.15) is 88.7 Å². The summed E-state index contributed by atoms with van der Waals surface area (Å²) in [5.74, 6) is -0.0851. The van der Waals surface area contributed by atoms with E-state index in [4.69, 9.17) is 4.74 Å². The molecule has 0 amide bonds. The third-order valence-corrected chi connectivity index (χ3v) is 7.59. The van der Waals surface area contributed by atoms with E-state index in [0.717, 1.165) is 63.0 Å². The molecular weight excluding hydrogens is 404 g/mol. The predicted molar refractivity (Wildman–Crippen MR) is 126 cm³/mol. The Labute approximate surface area is 191 Å². The van der Waals surface area contributed by atoms with E-state index >= 15 is 4.39 Å². The Balaban J connectivity index is 1.38. The van der Waals surface area contributed by atoms with Crippen LogP contribution in [0, 0.1) is 23.5 Å². The summed E-state index contributed by atoms with van der Waals surface area (Å²) in [6.45, 7) is 5.25. The van der Waals surface area contributed by atoms with Crippen molar-refractivity contribution < 1.29 is 13.5 Å². The van der Waals surface area contributed by atoms with Gasteiger partial charge in [-0.2, -0.15) is 0 Å². The van der Waals surface area contributed by atoms with Crippen LogP contribution in [0.5, 0.6) is 0 Å². The highest BCUT2D eigenvalue weighted by Gasteiger charge is 2.33. The van der Waals surface area contributed by atoms with Crippen LogP contribution in [0.25, 0.3) is 11.3 Å². The molecule has 0 spiro atoms. The lowest BCUT2D eigenvalue weighted by atomic mass is 9.74. The molecule has 2 nitrogen and oxygen atoms in total. The Morgan fingerprint density at radius 2 is 1.72 bits per heavy atom. The average Bonchev–Trinajstić information content (AvgIpc) is 2.83. The number of pyridine rings is 1. The number of benzene rings is 1. The third-order valence-electron chi connectivity index (χ3n) is 7.59. The van der Waals surface area contributed by atoms with Crippen LogP contribution in [-0.2, 0) is 11.2 Å². The van der Waals surface area contributed by atoms with Crippen molar-refractivity contribution in [2.45, 2.75) is 90.1 Å². The predicted octanol–water partition coefficient (Wildman–Crippen LogP) is 7.85. The lowest BCUT2D eigenvalue weighted by Gasteiger charge is -2.38. The molecule has 1 saturated heterocycles. The largest absolute Gasteiger partial charge is 0.378 e. The molecule has 1 aliphatic heterocycles. The molecule has 0 bridgehead atoms. The average molecular weight is 442 g/mol. The molecule has 2 aromatic rings. The molecule has 174 valence electrons. The Kier molecular flexibility index (Phi) is 7.93. The summed E-state index contributed by atoms with van der Waals surface area (Å²) in [5, 5.41) is 0. The van der Waals surface area contributed by atoms with E-state index in [9.17, 15) is 4.39 Å². The second-order valence-corrected chi connectivity index (χ2v) is 9.85. The summed E-state index contributed by atoms with van der Waals surface area (Å²) in [6.07, 6.45) is 12.9. The maximum atomic E-state index is 15.1. The number of hydrogen-bond acceptors (Lipinski definition) is 2. The van der Waals surface area contributed by atoms with Crippen LogP contribution >= 0.6 is 0 Å². The number of rotatable bonds is 7. The van der Waals surface area contributed by atoms with Gasteiger partial charge < -0.3 is 4.74 Å². The highest BCUT2D eigenvalue weighted by Crippen LogP contribution is 2.42. The summed E-state index contributed by atoms with van der Waals surface area (Å²) in [4.78, 5) is 4.37. The molecule has 0 radical (unpaired) electrons. The van der Waals surface area contributed by atoms with Crippen LogP contribution in [0.3, 0.4) is 0 Å². The minimum atomic E-state index is -0.766. The first-order valence-electron chi connectivity index (χ1n) is 12.6. The first kappa shape index (κ1) is 23.4. The van der Waals surface area contributed by atoms with Gasteiger partial charge in [0.25, 0.3) is 0 Å². The number of aryl methyl sites for hydroxylation is 1. The van der Waals surface area contributed by atoms with Gasteiger partial charge >= 0.3 is 0 Å². The molecule has 1 aliphatic carbocycles. The van der Waals surface area contributed by atoms with Crippen LogP contribution < -0.4 is 0 Å². The first-order chi connectivity index (χ1) is 15.6. The lowest BCUT2D eigenvalue weighted by Crippen LogP contribution is -2.34. The maximum absolute atomic E-state index is 15.1. The molecule has 1 aromatic carbocycles. The molecule has 4 rings (SSSR count). The zero-order valence-corrected chi connectivity index (χ0v) is 19.6. The summed E-state index contributed by atoms with van der Waals surface area (Å²) in [5.41, 5.74) is 2.39. The van der Waals surface area contributed by atoms with Crippen LogP contribution in [-0.4, -0.2) is 17.7 Å². The van der Waals surface area contributed by atoms with Crippen LogP contribution in [0.4, 0.5) is 8.78 Å². The summed E-state index contributed by atoms with van der Waals surface area (Å²) in [6, 6.07) is 7.24. The molecule has 32 heavy (non-hydrogen) atoms. The molecule has 2 unspecified atom stereocenters. The van der Waals surface area contributed by atoms with Gasteiger partial charge in [-0.05, 0) is 92.4 Å². The monoisotopic (exact) mass is 441 g/mol. The first-order valence-corrected chi connectivity index (χ1v) is 12.6. The third kappa shape index (κ3) is 5.22. The van der Waals surface area contributed by atoms with Gasteiger partial charge in [-0.1, -0.05) is 38.8 Å². The SMILES string of the molecule is CCCc1ccc(-c2ccc(C3CCC(C4CCC(CCC)CO4)CC3)c(F)c2F)nc1. The molecule has 2 atom stereocenters. The lowest BCUT2D eigenvalue weighted by molar-refractivity contribution is -0.0576. The van der Waals surface area contributed by atoms with Crippen molar-refractivity contribution in [3.8, 4) is 11.3 Å². The van der Waals surface area contributed by atoms with E-state index in [-0.39, 0.29) is 11.5 Å². The van der Waals surface area contributed by atoms with Gasteiger partial charge in [-0.15, -0.1) is 0 Å². The quantitative estimate of drug-likeness (QED) is 0.436.